The van der Waals surface area contributed by atoms with Gasteiger partial charge < -0.3 is 9.64 Å². The second kappa shape index (κ2) is 5.41. The second-order valence-corrected chi connectivity index (χ2v) is 4.74. The molecule has 3 N–H and O–H groups in total. The zero-order chi connectivity index (χ0) is 14.9. The summed E-state index contributed by atoms with van der Waals surface area (Å²) in [4.78, 5) is 9.04. The number of halogens is 3. The Morgan fingerprint density at radius 2 is 1.90 bits per heavy atom. The summed E-state index contributed by atoms with van der Waals surface area (Å²) < 4.78 is 44.0. The third kappa shape index (κ3) is 3.28. The summed E-state index contributed by atoms with van der Waals surface area (Å²) >= 11 is 0. The van der Waals surface area contributed by atoms with Gasteiger partial charge in [-0.05, 0) is 13.8 Å². The van der Waals surface area contributed by atoms with Gasteiger partial charge >= 0.3 is 6.18 Å². The molecule has 0 aliphatic carbocycles. The van der Waals surface area contributed by atoms with E-state index in [0.29, 0.717) is 13.1 Å². The number of hydrogen-bond acceptors (Lipinski definition) is 6. The van der Waals surface area contributed by atoms with Crippen molar-refractivity contribution in [2.75, 3.05) is 23.4 Å². The molecule has 0 spiro atoms. The molecule has 0 aromatic carbocycles. The third-order valence-corrected chi connectivity index (χ3v) is 2.88. The molecule has 0 radical (unpaired) electrons. The number of hydrogen-bond donors (Lipinski definition) is 2. The van der Waals surface area contributed by atoms with E-state index in [0.717, 1.165) is 6.07 Å². The van der Waals surface area contributed by atoms with Crippen molar-refractivity contribution in [3.63, 3.8) is 0 Å². The SMILES string of the molecule is CC1CN(c2cc(C(F)(F)F)nc(NN)n2)CC(C)O1. The standard InChI is InChI=1S/C11H16F3N5O/c1-6-4-19(5-7(2)20-6)9-3-8(11(12,13)14)16-10(17-9)18-15/h3,6-7H,4-5,15H2,1-2H3,(H,16,17,18). The van der Waals surface area contributed by atoms with Gasteiger partial charge in [-0.25, -0.2) is 10.8 Å². The highest BCUT2D eigenvalue weighted by molar-refractivity contribution is 5.45. The van der Waals surface area contributed by atoms with Crippen LogP contribution in [-0.4, -0.2) is 35.3 Å². The smallest absolute Gasteiger partial charge is 0.372 e. The average Bonchev–Trinajstić information content (AvgIpc) is 2.36. The zero-order valence-electron chi connectivity index (χ0n) is 11.1. The van der Waals surface area contributed by atoms with E-state index in [1.807, 2.05) is 13.8 Å². The first-order valence-corrected chi connectivity index (χ1v) is 6.13. The van der Waals surface area contributed by atoms with E-state index in [-0.39, 0.29) is 24.0 Å². The van der Waals surface area contributed by atoms with Crippen molar-refractivity contribution in [3.8, 4) is 0 Å². The molecule has 0 amide bonds. The van der Waals surface area contributed by atoms with E-state index in [1.165, 1.54) is 0 Å². The minimum absolute atomic E-state index is 0.0858. The molecular formula is C11H16F3N5O. The first-order chi connectivity index (χ1) is 9.29. The maximum absolute atomic E-state index is 12.8. The molecule has 0 bridgehead atoms. The Kier molecular flexibility index (Phi) is 4.00. The normalized spacial score (nSPS) is 23.8. The number of ether oxygens (including phenoxy) is 1. The van der Waals surface area contributed by atoms with Gasteiger partial charge in [0.1, 0.15) is 5.82 Å². The van der Waals surface area contributed by atoms with E-state index in [4.69, 9.17) is 10.6 Å². The van der Waals surface area contributed by atoms with E-state index < -0.39 is 11.9 Å². The number of nitrogens with one attached hydrogen (secondary N) is 1. The van der Waals surface area contributed by atoms with Crippen LogP contribution in [0.15, 0.2) is 6.07 Å². The maximum atomic E-state index is 12.8. The van der Waals surface area contributed by atoms with Crippen LogP contribution in [0.25, 0.3) is 0 Å². The highest BCUT2D eigenvalue weighted by Gasteiger charge is 2.35. The van der Waals surface area contributed by atoms with Gasteiger partial charge in [0, 0.05) is 19.2 Å². The minimum atomic E-state index is -4.55. The van der Waals surface area contributed by atoms with Crippen LogP contribution in [0, 0.1) is 0 Å². The monoisotopic (exact) mass is 291 g/mol. The lowest BCUT2D eigenvalue weighted by molar-refractivity contribution is -0.141. The number of morpholine rings is 1. The number of nitrogens with two attached hydrogens (primary N) is 1. The van der Waals surface area contributed by atoms with Crippen molar-refractivity contribution >= 4 is 11.8 Å². The predicted octanol–water partition coefficient (Wildman–Crippen LogP) is 1.39. The van der Waals surface area contributed by atoms with Gasteiger partial charge in [-0.15, -0.1) is 0 Å². The summed E-state index contributed by atoms with van der Waals surface area (Å²) in [5.74, 6) is 5.05. The largest absolute Gasteiger partial charge is 0.433 e. The third-order valence-electron chi connectivity index (χ3n) is 2.88. The van der Waals surface area contributed by atoms with Crippen LogP contribution < -0.4 is 16.2 Å². The molecule has 9 heteroatoms. The molecule has 20 heavy (non-hydrogen) atoms. The van der Waals surface area contributed by atoms with E-state index in [2.05, 4.69) is 15.4 Å². The van der Waals surface area contributed by atoms with Crippen LogP contribution in [0.3, 0.4) is 0 Å². The molecule has 2 atom stereocenters. The summed E-state index contributed by atoms with van der Waals surface area (Å²) in [6.07, 6.45) is -4.72. The summed E-state index contributed by atoms with van der Waals surface area (Å²) in [5.41, 5.74) is 1.04. The van der Waals surface area contributed by atoms with E-state index in [1.54, 1.807) is 4.90 Å². The highest BCUT2D eigenvalue weighted by atomic mass is 19.4. The molecule has 1 aliphatic heterocycles. The Morgan fingerprint density at radius 1 is 1.30 bits per heavy atom. The molecule has 2 unspecified atom stereocenters. The lowest BCUT2D eigenvalue weighted by Crippen LogP contribution is -2.46. The number of aromatic nitrogens is 2. The Labute approximate surface area is 114 Å². The number of alkyl halides is 3. The summed E-state index contributed by atoms with van der Waals surface area (Å²) in [5, 5.41) is 0. The van der Waals surface area contributed by atoms with Gasteiger partial charge in [0.25, 0.3) is 0 Å². The van der Waals surface area contributed by atoms with Gasteiger partial charge in [0.15, 0.2) is 5.69 Å². The van der Waals surface area contributed by atoms with E-state index in [9.17, 15) is 13.2 Å². The molecule has 1 aromatic rings. The first kappa shape index (κ1) is 14.8. The molecule has 1 saturated heterocycles. The van der Waals surface area contributed by atoms with Crippen molar-refractivity contribution in [1.82, 2.24) is 9.97 Å². The van der Waals surface area contributed by atoms with Crippen LogP contribution in [0.2, 0.25) is 0 Å². The molecule has 2 heterocycles. The molecule has 6 nitrogen and oxygen atoms in total. The molecule has 2 rings (SSSR count). The Hall–Kier alpha value is -1.61. The molecule has 112 valence electrons. The van der Waals surface area contributed by atoms with Crippen LogP contribution in [-0.2, 0) is 10.9 Å². The molecule has 0 saturated carbocycles. The average molecular weight is 291 g/mol. The van der Waals surface area contributed by atoms with E-state index >= 15 is 0 Å². The summed E-state index contributed by atoms with van der Waals surface area (Å²) in [6.45, 7) is 4.64. The zero-order valence-corrected chi connectivity index (χ0v) is 11.1. The quantitative estimate of drug-likeness (QED) is 0.633. The Morgan fingerprint density at radius 3 is 2.40 bits per heavy atom. The van der Waals surface area contributed by atoms with Crippen molar-refractivity contribution in [2.45, 2.75) is 32.2 Å². The fourth-order valence-electron chi connectivity index (χ4n) is 2.17. The van der Waals surface area contributed by atoms with Crippen LogP contribution in [0.5, 0.6) is 0 Å². The molecule has 1 aliphatic rings. The summed E-state index contributed by atoms with van der Waals surface area (Å²) in [6, 6.07) is 0.922. The van der Waals surface area contributed by atoms with Gasteiger partial charge in [-0.2, -0.15) is 18.2 Å². The molecular weight excluding hydrogens is 275 g/mol. The van der Waals surface area contributed by atoms with Gasteiger partial charge in [-0.1, -0.05) is 0 Å². The lowest BCUT2D eigenvalue weighted by Gasteiger charge is -2.36. The van der Waals surface area contributed by atoms with Crippen LogP contribution in [0.4, 0.5) is 24.9 Å². The predicted molar refractivity (Wildman–Crippen MR) is 67.1 cm³/mol. The lowest BCUT2D eigenvalue weighted by atomic mass is 10.2. The molecule has 1 aromatic heterocycles. The molecule has 1 fully saturated rings. The van der Waals surface area contributed by atoms with Crippen LogP contribution in [0.1, 0.15) is 19.5 Å². The fourth-order valence-corrected chi connectivity index (χ4v) is 2.17. The number of hydrazine groups is 1. The fraction of sp³-hybridized carbons (Fsp3) is 0.636. The Bertz CT molecular complexity index is 472. The topological polar surface area (TPSA) is 76.3 Å². The van der Waals surface area contributed by atoms with Crippen molar-refractivity contribution < 1.29 is 17.9 Å². The number of nitrogen functional groups attached to an aromatic ring is 1. The summed E-state index contributed by atoms with van der Waals surface area (Å²) in [7, 11) is 0. The first-order valence-electron chi connectivity index (χ1n) is 6.13. The second-order valence-electron chi connectivity index (χ2n) is 4.74. The highest BCUT2D eigenvalue weighted by Crippen LogP contribution is 2.31. The van der Waals surface area contributed by atoms with Crippen molar-refractivity contribution in [2.24, 2.45) is 5.84 Å². The number of rotatable bonds is 2. The van der Waals surface area contributed by atoms with Crippen molar-refractivity contribution in [3.05, 3.63) is 11.8 Å². The Balaban J connectivity index is 2.35. The van der Waals surface area contributed by atoms with Gasteiger partial charge in [-0.3, -0.25) is 5.43 Å². The van der Waals surface area contributed by atoms with Gasteiger partial charge in [0.2, 0.25) is 5.95 Å². The minimum Gasteiger partial charge on any atom is -0.372 e. The van der Waals surface area contributed by atoms with Crippen LogP contribution >= 0.6 is 0 Å². The number of nitrogens with zero attached hydrogens (tertiary/aromatic N) is 3. The maximum Gasteiger partial charge on any atom is 0.433 e. The number of anilines is 2. The van der Waals surface area contributed by atoms with Crippen molar-refractivity contribution in [1.29, 1.82) is 0 Å². The van der Waals surface area contributed by atoms with Gasteiger partial charge in [0.05, 0.1) is 12.2 Å².